The molecule has 10 nitrogen and oxygen atoms in total. The van der Waals surface area contributed by atoms with Crippen molar-refractivity contribution in [2.45, 2.75) is 50.9 Å². The van der Waals surface area contributed by atoms with Crippen LogP contribution in [0.3, 0.4) is 0 Å². The Morgan fingerprint density at radius 3 is 2.63 bits per heavy atom. The van der Waals surface area contributed by atoms with E-state index in [0.717, 1.165) is 35.5 Å². The van der Waals surface area contributed by atoms with Gasteiger partial charge in [0, 0.05) is 49.4 Å². The molecule has 2 aliphatic heterocycles. The highest BCUT2D eigenvalue weighted by Gasteiger charge is 2.42. The van der Waals surface area contributed by atoms with Crippen molar-refractivity contribution in [1.29, 1.82) is 0 Å². The van der Waals surface area contributed by atoms with Crippen LogP contribution in [-0.2, 0) is 27.7 Å². The second kappa shape index (κ2) is 9.71. The third-order valence-corrected chi connectivity index (χ3v) is 9.03. The number of carbonyl (C=O) groups is 1. The monoisotopic (exact) mass is 500 g/mol. The highest BCUT2D eigenvalue weighted by molar-refractivity contribution is 7.90. The first-order valence-electron chi connectivity index (χ1n) is 12.2. The third kappa shape index (κ3) is 4.98. The molecule has 0 radical (unpaired) electrons. The lowest BCUT2D eigenvalue weighted by molar-refractivity contribution is 0.0983. The van der Waals surface area contributed by atoms with Crippen LogP contribution < -0.4 is 15.5 Å². The molecule has 1 saturated carbocycles. The van der Waals surface area contributed by atoms with Gasteiger partial charge in [-0.05, 0) is 51.0 Å². The number of hydrogen-bond acceptors (Lipinski definition) is 7. The third-order valence-electron chi connectivity index (χ3n) is 6.69. The van der Waals surface area contributed by atoms with Crippen LogP contribution in [0.2, 0.25) is 0 Å². The van der Waals surface area contributed by atoms with Gasteiger partial charge in [-0.2, -0.15) is 4.31 Å². The number of urea groups is 1. The van der Waals surface area contributed by atoms with Crippen LogP contribution in [0.25, 0.3) is 11.4 Å². The maximum Gasteiger partial charge on any atom is 0.319 e. The molecule has 188 valence electrons. The maximum atomic E-state index is 13.0. The molecule has 1 aliphatic carbocycles. The second-order valence-corrected chi connectivity index (χ2v) is 11.5. The van der Waals surface area contributed by atoms with E-state index in [1.54, 1.807) is 4.31 Å². The van der Waals surface area contributed by atoms with Crippen LogP contribution in [0, 0.1) is 0 Å². The summed E-state index contributed by atoms with van der Waals surface area (Å²) < 4.78 is 33.2. The largest absolute Gasteiger partial charge is 0.377 e. The average molecular weight is 501 g/mol. The van der Waals surface area contributed by atoms with E-state index in [4.69, 9.17) is 14.7 Å². The number of carbonyl (C=O) groups excluding carboxylic acids is 1. The lowest BCUT2D eigenvalue weighted by Gasteiger charge is -2.38. The molecule has 0 spiro atoms. The molecule has 35 heavy (non-hydrogen) atoms. The summed E-state index contributed by atoms with van der Waals surface area (Å²) in [6, 6.07) is 7.31. The Morgan fingerprint density at radius 1 is 1.17 bits per heavy atom. The minimum absolute atomic E-state index is 0.120. The Bertz CT molecular complexity index is 1200. The van der Waals surface area contributed by atoms with Crippen molar-refractivity contribution in [2.24, 2.45) is 0 Å². The van der Waals surface area contributed by atoms with E-state index in [1.807, 2.05) is 31.2 Å². The second-order valence-electron chi connectivity index (χ2n) is 9.30. The number of hydrogen-bond donors (Lipinski definition) is 2. The van der Waals surface area contributed by atoms with Gasteiger partial charge in [0.1, 0.15) is 5.82 Å². The number of morpholine rings is 1. The zero-order valence-electron chi connectivity index (χ0n) is 20.2. The molecule has 2 N–H and O–H groups in total. The van der Waals surface area contributed by atoms with Gasteiger partial charge in [-0.15, -0.1) is 0 Å². The maximum absolute atomic E-state index is 13.0. The minimum atomic E-state index is -3.28. The number of rotatable bonds is 6. The van der Waals surface area contributed by atoms with Gasteiger partial charge in [-0.3, -0.25) is 0 Å². The van der Waals surface area contributed by atoms with Crippen LogP contribution in [0.1, 0.15) is 37.9 Å². The first-order valence-corrected chi connectivity index (χ1v) is 13.8. The molecule has 2 fully saturated rings. The summed E-state index contributed by atoms with van der Waals surface area (Å²) in [7, 11) is -3.28. The molecule has 2 amide bonds. The Morgan fingerprint density at radius 2 is 1.94 bits per heavy atom. The number of benzene rings is 1. The van der Waals surface area contributed by atoms with Crippen molar-refractivity contribution < 1.29 is 17.9 Å². The average Bonchev–Trinajstić information content (AvgIpc) is 3.70. The lowest BCUT2D eigenvalue weighted by atomic mass is 10.1. The molecule has 3 aliphatic rings. The van der Waals surface area contributed by atoms with Crippen LogP contribution >= 0.6 is 0 Å². The number of ether oxygens (including phenoxy) is 1. The van der Waals surface area contributed by atoms with Gasteiger partial charge < -0.3 is 20.3 Å². The van der Waals surface area contributed by atoms with Gasteiger partial charge in [-0.25, -0.2) is 23.2 Å². The minimum Gasteiger partial charge on any atom is -0.377 e. The smallest absolute Gasteiger partial charge is 0.319 e. The molecular formula is C24H32N6O4S. The van der Waals surface area contributed by atoms with Crippen molar-refractivity contribution in [2.75, 3.05) is 43.1 Å². The van der Waals surface area contributed by atoms with E-state index in [0.29, 0.717) is 57.3 Å². The molecule has 5 rings (SSSR count). The van der Waals surface area contributed by atoms with Crippen molar-refractivity contribution in [3.8, 4) is 11.4 Å². The predicted octanol–water partition coefficient (Wildman–Crippen LogP) is 2.36. The predicted molar refractivity (Wildman–Crippen MR) is 134 cm³/mol. The number of sulfonamides is 1. The summed E-state index contributed by atoms with van der Waals surface area (Å²) in [4.78, 5) is 23.9. The first-order chi connectivity index (χ1) is 16.9. The van der Waals surface area contributed by atoms with Gasteiger partial charge in [0.2, 0.25) is 10.0 Å². The fourth-order valence-corrected chi connectivity index (χ4v) is 6.42. The quantitative estimate of drug-likeness (QED) is 0.625. The van der Waals surface area contributed by atoms with Crippen LogP contribution in [0.5, 0.6) is 0 Å². The molecule has 1 aromatic carbocycles. The standard InChI is InChI=1S/C24H32N6O4S/c1-3-25-24(31)26-18-6-4-17(5-7-18)22-27-21-10-11-29(35(32,33)19-8-9-19)14-20(21)23(28-22)30-12-13-34-15-16(30)2/h4-7,16,19H,3,8-15H2,1-2H3,(H2,25,26,31)/t16-/m0/s1. The fourth-order valence-electron chi connectivity index (χ4n) is 4.61. The highest BCUT2D eigenvalue weighted by Crippen LogP contribution is 2.36. The molecule has 0 unspecified atom stereocenters. The molecule has 1 atom stereocenters. The SMILES string of the molecule is CCNC(=O)Nc1ccc(-c2nc3c(c(N4CCOC[C@@H]4C)n2)CN(S(=O)(=O)C2CC2)CC3)cc1. The van der Waals surface area contributed by atoms with Crippen LogP contribution in [0.4, 0.5) is 16.3 Å². The summed E-state index contributed by atoms with van der Waals surface area (Å²) in [6.45, 7) is 7.14. The van der Waals surface area contributed by atoms with Crippen molar-refractivity contribution in [3.05, 3.63) is 35.5 Å². The van der Waals surface area contributed by atoms with Crippen LogP contribution in [0.15, 0.2) is 24.3 Å². The number of aromatic nitrogens is 2. The first kappa shape index (κ1) is 24.0. The zero-order valence-corrected chi connectivity index (χ0v) is 21.0. The Hall–Kier alpha value is -2.76. The zero-order chi connectivity index (χ0) is 24.6. The van der Waals surface area contributed by atoms with Gasteiger partial charge >= 0.3 is 6.03 Å². The molecule has 3 heterocycles. The molecule has 2 aromatic rings. The van der Waals surface area contributed by atoms with E-state index >= 15 is 0 Å². The van der Waals surface area contributed by atoms with Crippen molar-refractivity contribution >= 4 is 27.6 Å². The van der Waals surface area contributed by atoms with Gasteiger partial charge in [0.15, 0.2) is 5.82 Å². The summed E-state index contributed by atoms with van der Waals surface area (Å²) in [5, 5.41) is 5.27. The Kier molecular flexibility index (Phi) is 6.65. The number of nitrogens with zero attached hydrogens (tertiary/aromatic N) is 4. The van der Waals surface area contributed by atoms with Gasteiger partial charge in [-0.1, -0.05) is 0 Å². The van der Waals surface area contributed by atoms with E-state index in [1.165, 1.54) is 0 Å². The van der Waals surface area contributed by atoms with E-state index in [-0.39, 0.29) is 17.3 Å². The summed E-state index contributed by atoms with van der Waals surface area (Å²) >= 11 is 0. The number of amides is 2. The van der Waals surface area contributed by atoms with E-state index < -0.39 is 10.0 Å². The Balaban J connectivity index is 1.49. The highest BCUT2D eigenvalue weighted by atomic mass is 32.2. The fraction of sp³-hybridized carbons (Fsp3) is 0.542. The number of anilines is 2. The molecule has 0 bridgehead atoms. The van der Waals surface area contributed by atoms with E-state index in [9.17, 15) is 13.2 Å². The molecule has 11 heteroatoms. The Labute approximate surface area is 206 Å². The van der Waals surface area contributed by atoms with E-state index in [2.05, 4.69) is 22.5 Å². The van der Waals surface area contributed by atoms with Crippen molar-refractivity contribution in [3.63, 3.8) is 0 Å². The molecule has 1 saturated heterocycles. The molecular weight excluding hydrogens is 468 g/mol. The molecule has 1 aromatic heterocycles. The van der Waals surface area contributed by atoms with Crippen LogP contribution in [-0.4, -0.2) is 72.9 Å². The topological polar surface area (TPSA) is 117 Å². The van der Waals surface area contributed by atoms with Gasteiger partial charge in [0.05, 0.1) is 30.2 Å². The number of nitrogens with one attached hydrogen (secondary N) is 2. The summed E-state index contributed by atoms with van der Waals surface area (Å²) in [5.74, 6) is 1.39. The summed E-state index contributed by atoms with van der Waals surface area (Å²) in [6.07, 6.45) is 2.05. The lowest BCUT2D eigenvalue weighted by Crippen LogP contribution is -2.46. The summed E-state index contributed by atoms with van der Waals surface area (Å²) in [5.41, 5.74) is 3.31. The normalized spacial score (nSPS) is 20.9. The number of fused-ring (bicyclic) bond motifs is 1. The van der Waals surface area contributed by atoms with Crippen molar-refractivity contribution in [1.82, 2.24) is 19.6 Å². The van der Waals surface area contributed by atoms with Gasteiger partial charge in [0.25, 0.3) is 0 Å².